The van der Waals surface area contributed by atoms with Gasteiger partial charge in [-0.05, 0) is 44.9 Å². The van der Waals surface area contributed by atoms with Crippen LogP contribution in [0.15, 0.2) is 0 Å². The van der Waals surface area contributed by atoms with Crippen molar-refractivity contribution in [1.82, 2.24) is 0 Å². The van der Waals surface area contributed by atoms with Gasteiger partial charge in [-0.15, -0.1) is 0 Å². The molecular weight excluding hydrogens is 252 g/mol. The zero-order valence-electron chi connectivity index (χ0n) is 15.1. The zero-order valence-corrected chi connectivity index (χ0v) is 15.1. The molecule has 0 unspecified atom stereocenters. The fourth-order valence-corrected chi connectivity index (χ4v) is 1.76. The maximum atomic E-state index is 10.9. The minimum atomic E-state index is -0.415. The predicted octanol–water partition coefficient (Wildman–Crippen LogP) is 5.53. The molecule has 3 nitrogen and oxygen atoms in total. The van der Waals surface area contributed by atoms with Crippen molar-refractivity contribution in [3.8, 4) is 0 Å². The summed E-state index contributed by atoms with van der Waals surface area (Å²) in [6, 6.07) is 0. The molecule has 0 saturated heterocycles. The minimum Gasteiger partial charge on any atom is -0.298 e. The molecule has 0 N–H and O–H groups in total. The summed E-state index contributed by atoms with van der Waals surface area (Å²) in [4.78, 5) is 20.3. The van der Waals surface area contributed by atoms with Gasteiger partial charge in [-0.2, -0.15) is 4.89 Å². The Kier molecular flexibility index (Phi) is 11.1. The molecule has 0 spiro atoms. The Morgan fingerprint density at radius 1 is 1.05 bits per heavy atom. The lowest BCUT2D eigenvalue weighted by Gasteiger charge is -2.19. The van der Waals surface area contributed by atoms with Gasteiger partial charge >= 0.3 is 5.97 Å². The maximum absolute atomic E-state index is 10.9. The molecule has 0 rings (SSSR count). The van der Waals surface area contributed by atoms with Crippen LogP contribution in [-0.2, 0) is 14.6 Å². The molecule has 0 aliphatic heterocycles. The first-order valence-electron chi connectivity index (χ1n) is 7.76. The molecular formula is C17H36O3. The highest BCUT2D eigenvalue weighted by molar-refractivity contribution is 5.68. The minimum absolute atomic E-state index is 0.285. The van der Waals surface area contributed by atoms with Crippen LogP contribution in [0, 0.1) is 11.3 Å². The van der Waals surface area contributed by atoms with Crippen LogP contribution in [0.5, 0.6) is 0 Å². The first-order valence-corrected chi connectivity index (χ1v) is 7.76. The first-order chi connectivity index (χ1) is 8.87. The third-order valence-electron chi connectivity index (χ3n) is 2.14. The molecule has 0 radical (unpaired) electrons. The van der Waals surface area contributed by atoms with Crippen molar-refractivity contribution in [2.24, 2.45) is 11.3 Å². The maximum Gasteiger partial charge on any atom is 0.342 e. The number of carbonyl (C=O) groups is 1. The second-order valence-corrected chi connectivity index (χ2v) is 7.91. The standard InChI is InChI=1S/C9H18O3.C8H18/c1-5-6-7-8(10)11-12-9(2,3)4;1-7(2)6-8(3,4)5/h5-7H2,1-4H3;7H,6H2,1-5H3. The second-order valence-electron chi connectivity index (χ2n) is 7.91. The Bertz CT molecular complexity index is 244. The Labute approximate surface area is 126 Å². The van der Waals surface area contributed by atoms with Gasteiger partial charge in [-0.25, -0.2) is 4.79 Å². The fraction of sp³-hybridized carbons (Fsp3) is 0.941. The van der Waals surface area contributed by atoms with E-state index in [4.69, 9.17) is 4.89 Å². The first kappa shape index (κ1) is 21.7. The van der Waals surface area contributed by atoms with Gasteiger partial charge in [-0.3, -0.25) is 4.89 Å². The lowest BCUT2D eigenvalue weighted by molar-refractivity contribution is -0.320. The molecule has 0 aliphatic carbocycles. The van der Waals surface area contributed by atoms with Crippen molar-refractivity contribution in [3.05, 3.63) is 0 Å². The van der Waals surface area contributed by atoms with Crippen molar-refractivity contribution in [3.63, 3.8) is 0 Å². The summed E-state index contributed by atoms with van der Waals surface area (Å²) in [5.74, 6) is 0.557. The van der Waals surface area contributed by atoms with Crippen molar-refractivity contribution in [2.75, 3.05) is 0 Å². The van der Waals surface area contributed by atoms with E-state index in [2.05, 4.69) is 39.5 Å². The molecule has 0 aliphatic rings. The highest BCUT2D eigenvalue weighted by atomic mass is 17.2. The Hall–Kier alpha value is -0.570. The van der Waals surface area contributed by atoms with E-state index in [1.54, 1.807) is 0 Å². The number of carbonyl (C=O) groups excluding carboxylic acids is 1. The van der Waals surface area contributed by atoms with E-state index in [0.29, 0.717) is 11.8 Å². The highest BCUT2D eigenvalue weighted by Gasteiger charge is 2.14. The summed E-state index contributed by atoms with van der Waals surface area (Å²) in [5.41, 5.74) is 0.107. The van der Waals surface area contributed by atoms with Crippen molar-refractivity contribution in [1.29, 1.82) is 0 Å². The summed E-state index contributed by atoms with van der Waals surface area (Å²) in [6.45, 7) is 18.9. The topological polar surface area (TPSA) is 35.5 Å². The van der Waals surface area contributed by atoms with E-state index in [-0.39, 0.29) is 5.97 Å². The lowest BCUT2D eigenvalue weighted by atomic mass is 9.86. The molecule has 0 saturated carbocycles. The highest BCUT2D eigenvalue weighted by Crippen LogP contribution is 2.23. The number of unbranched alkanes of at least 4 members (excludes halogenated alkanes) is 1. The van der Waals surface area contributed by atoms with Gasteiger partial charge in [0.2, 0.25) is 0 Å². The van der Waals surface area contributed by atoms with Gasteiger partial charge in [0.05, 0.1) is 0 Å². The lowest BCUT2D eigenvalue weighted by Crippen LogP contribution is -2.21. The smallest absolute Gasteiger partial charge is 0.298 e. The molecule has 3 heteroatoms. The van der Waals surface area contributed by atoms with Gasteiger partial charge in [0.1, 0.15) is 5.60 Å². The largest absolute Gasteiger partial charge is 0.342 e. The summed E-state index contributed by atoms with van der Waals surface area (Å²) in [5, 5.41) is 0. The SMILES string of the molecule is CC(C)CC(C)(C)C.CCCCC(=O)OOC(C)(C)C. The van der Waals surface area contributed by atoms with Crippen LogP contribution in [0.2, 0.25) is 0 Å². The van der Waals surface area contributed by atoms with Crippen LogP contribution in [0.25, 0.3) is 0 Å². The van der Waals surface area contributed by atoms with Crippen LogP contribution >= 0.6 is 0 Å². The van der Waals surface area contributed by atoms with E-state index >= 15 is 0 Å². The van der Waals surface area contributed by atoms with Gasteiger partial charge in [-0.1, -0.05) is 48.0 Å². The van der Waals surface area contributed by atoms with Crippen molar-refractivity contribution < 1.29 is 14.6 Å². The average Bonchev–Trinajstić information content (AvgIpc) is 2.19. The normalized spacial score (nSPS) is 11.9. The van der Waals surface area contributed by atoms with Gasteiger partial charge < -0.3 is 0 Å². The Morgan fingerprint density at radius 3 is 1.80 bits per heavy atom. The van der Waals surface area contributed by atoms with Gasteiger partial charge in [0, 0.05) is 6.42 Å². The Morgan fingerprint density at radius 2 is 1.55 bits per heavy atom. The van der Waals surface area contributed by atoms with Crippen LogP contribution in [0.3, 0.4) is 0 Å². The van der Waals surface area contributed by atoms with Crippen LogP contribution < -0.4 is 0 Å². The van der Waals surface area contributed by atoms with Crippen LogP contribution in [0.4, 0.5) is 0 Å². The molecule has 20 heavy (non-hydrogen) atoms. The third kappa shape index (κ3) is 22.6. The predicted molar refractivity (Wildman–Crippen MR) is 85.4 cm³/mol. The zero-order chi connectivity index (χ0) is 16.4. The average molecular weight is 288 g/mol. The molecule has 0 bridgehead atoms. The quantitative estimate of drug-likeness (QED) is 0.493. The summed E-state index contributed by atoms with van der Waals surface area (Å²) >= 11 is 0. The van der Waals surface area contributed by atoms with E-state index in [0.717, 1.165) is 18.8 Å². The third-order valence-corrected chi connectivity index (χ3v) is 2.14. The number of hydrogen-bond acceptors (Lipinski definition) is 3. The molecule has 0 aromatic rings. The van der Waals surface area contributed by atoms with E-state index in [1.165, 1.54) is 6.42 Å². The fourth-order valence-electron chi connectivity index (χ4n) is 1.76. The van der Waals surface area contributed by atoms with Gasteiger partial charge in [0.15, 0.2) is 0 Å². The molecule has 0 fully saturated rings. The van der Waals surface area contributed by atoms with Crippen LogP contribution in [-0.4, -0.2) is 11.6 Å². The summed E-state index contributed by atoms with van der Waals surface area (Å²) < 4.78 is 0. The summed E-state index contributed by atoms with van der Waals surface area (Å²) in [7, 11) is 0. The molecule has 0 heterocycles. The number of hydrogen-bond donors (Lipinski definition) is 0. The van der Waals surface area contributed by atoms with E-state index in [9.17, 15) is 4.79 Å². The molecule has 0 atom stereocenters. The second kappa shape index (κ2) is 10.2. The summed E-state index contributed by atoms with van der Waals surface area (Å²) in [6.07, 6.45) is 3.61. The monoisotopic (exact) mass is 288 g/mol. The van der Waals surface area contributed by atoms with E-state index in [1.807, 2.05) is 27.7 Å². The molecule has 0 aromatic carbocycles. The number of rotatable bonds is 5. The molecule has 122 valence electrons. The molecule has 0 aromatic heterocycles. The van der Waals surface area contributed by atoms with Crippen molar-refractivity contribution in [2.45, 2.75) is 93.6 Å². The van der Waals surface area contributed by atoms with E-state index < -0.39 is 5.60 Å². The Balaban J connectivity index is 0. The van der Waals surface area contributed by atoms with Crippen molar-refractivity contribution >= 4 is 5.97 Å². The van der Waals surface area contributed by atoms with Crippen LogP contribution in [0.1, 0.15) is 88.0 Å². The van der Waals surface area contributed by atoms with Gasteiger partial charge in [0.25, 0.3) is 0 Å². The molecule has 0 amide bonds.